The molecule has 28 heavy (non-hydrogen) atoms. The maximum absolute atomic E-state index is 12.9. The summed E-state index contributed by atoms with van der Waals surface area (Å²) in [6.45, 7) is 7.24. The topological polar surface area (TPSA) is 62.7 Å². The molecule has 1 fully saturated rings. The van der Waals surface area contributed by atoms with Gasteiger partial charge in [0.05, 0.1) is 11.5 Å². The largest absolute Gasteiger partial charge is 0.457 e. The Bertz CT molecular complexity index is 897. The Labute approximate surface area is 169 Å². The van der Waals surface area contributed by atoms with E-state index in [1.807, 2.05) is 25.2 Å². The number of fused-ring (bicyclic) bond motifs is 1. The van der Waals surface area contributed by atoms with Gasteiger partial charge in [0.2, 0.25) is 5.91 Å². The van der Waals surface area contributed by atoms with Gasteiger partial charge in [-0.25, -0.2) is 4.79 Å². The second-order valence-corrected chi connectivity index (χ2v) is 8.60. The molecule has 4 rings (SSSR count). The predicted octanol–water partition coefficient (Wildman–Crippen LogP) is 2.90. The standard InChI is InChI=1S/C21H25N3O3S/c1-13-10-24(11-17(13)20(25)23(3)19-6-8-22-28-19)9-7-15-4-5-16-18(14(15)2)12-27-21(16)26/h4-6,8,13,17H,7,9-12H2,1-3H3. The third-order valence-corrected chi connectivity index (χ3v) is 6.89. The lowest BCUT2D eigenvalue weighted by atomic mass is 9.96. The summed E-state index contributed by atoms with van der Waals surface area (Å²) in [7, 11) is 1.84. The van der Waals surface area contributed by atoms with Crippen molar-refractivity contribution in [1.29, 1.82) is 0 Å². The number of carbonyl (C=O) groups excluding carboxylic acids is 2. The van der Waals surface area contributed by atoms with Gasteiger partial charge in [0.25, 0.3) is 0 Å². The number of amides is 1. The lowest BCUT2D eigenvalue weighted by Gasteiger charge is -2.21. The molecule has 7 heteroatoms. The Morgan fingerprint density at radius 3 is 2.93 bits per heavy atom. The molecule has 6 nitrogen and oxygen atoms in total. The number of rotatable bonds is 5. The van der Waals surface area contributed by atoms with Crippen LogP contribution in [0.25, 0.3) is 0 Å². The summed E-state index contributed by atoms with van der Waals surface area (Å²) in [6, 6.07) is 5.81. The fraction of sp³-hybridized carbons (Fsp3) is 0.476. The zero-order valence-corrected chi connectivity index (χ0v) is 17.3. The number of hydrogen-bond donors (Lipinski definition) is 0. The van der Waals surface area contributed by atoms with Gasteiger partial charge >= 0.3 is 5.97 Å². The highest BCUT2D eigenvalue weighted by Crippen LogP contribution is 2.29. The number of cyclic esters (lactones) is 1. The number of esters is 1. The van der Waals surface area contributed by atoms with Crippen molar-refractivity contribution in [3.05, 3.63) is 46.6 Å². The molecule has 3 heterocycles. The second-order valence-electron chi connectivity index (χ2n) is 7.79. The van der Waals surface area contributed by atoms with Gasteiger partial charge in [-0.3, -0.25) is 4.79 Å². The van der Waals surface area contributed by atoms with Crippen LogP contribution in [0.2, 0.25) is 0 Å². The minimum absolute atomic E-state index is 0.0132. The quantitative estimate of drug-likeness (QED) is 0.724. The Hall–Kier alpha value is -2.25. The summed E-state index contributed by atoms with van der Waals surface area (Å²) in [4.78, 5) is 28.7. The van der Waals surface area contributed by atoms with Crippen molar-refractivity contribution >= 4 is 28.4 Å². The summed E-state index contributed by atoms with van der Waals surface area (Å²) in [5, 5.41) is 0.890. The van der Waals surface area contributed by atoms with E-state index in [1.165, 1.54) is 17.1 Å². The van der Waals surface area contributed by atoms with Crippen molar-refractivity contribution in [1.82, 2.24) is 9.27 Å². The van der Waals surface area contributed by atoms with Crippen molar-refractivity contribution < 1.29 is 14.3 Å². The maximum Gasteiger partial charge on any atom is 0.338 e. The first kappa shape index (κ1) is 19.1. The van der Waals surface area contributed by atoms with Gasteiger partial charge in [0.15, 0.2) is 0 Å². The Balaban J connectivity index is 1.38. The van der Waals surface area contributed by atoms with Crippen molar-refractivity contribution in [2.45, 2.75) is 26.9 Å². The molecule has 0 bridgehead atoms. The number of benzene rings is 1. The third kappa shape index (κ3) is 3.44. The minimum atomic E-state index is -0.218. The SMILES string of the molecule is Cc1c(CCN2CC(C)C(C(=O)N(C)c3ccns3)C2)ccc2c1COC2=O. The average Bonchev–Trinajstić information content (AvgIpc) is 3.41. The summed E-state index contributed by atoms with van der Waals surface area (Å²) in [5.74, 6) is 0.294. The second kappa shape index (κ2) is 7.64. The fourth-order valence-electron chi connectivity index (χ4n) is 4.26. The molecule has 2 aliphatic heterocycles. The number of hydrogen-bond acceptors (Lipinski definition) is 6. The van der Waals surface area contributed by atoms with Crippen LogP contribution in [0.4, 0.5) is 5.00 Å². The van der Waals surface area contributed by atoms with Crippen LogP contribution in [0.3, 0.4) is 0 Å². The van der Waals surface area contributed by atoms with E-state index in [-0.39, 0.29) is 17.8 Å². The molecule has 1 aromatic carbocycles. The summed E-state index contributed by atoms with van der Waals surface area (Å²) < 4.78 is 9.24. The Morgan fingerprint density at radius 1 is 1.36 bits per heavy atom. The lowest BCUT2D eigenvalue weighted by molar-refractivity contribution is -0.122. The highest BCUT2D eigenvalue weighted by Gasteiger charge is 2.36. The summed E-state index contributed by atoms with van der Waals surface area (Å²) in [5.41, 5.74) is 4.14. The van der Waals surface area contributed by atoms with Crippen LogP contribution in [0.1, 0.15) is 34.0 Å². The normalized spacial score (nSPS) is 21.6. The predicted molar refractivity (Wildman–Crippen MR) is 109 cm³/mol. The van der Waals surface area contributed by atoms with Gasteiger partial charge in [-0.15, -0.1) is 0 Å². The number of likely N-dealkylation sites (tertiary alicyclic amines) is 1. The van der Waals surface area contributed by atoms with E-state index in [0.29, 0.717) is 18.1 Å². The van der Waals surface area contributed by atoms with Gasteiger partial charge < -0.3 is 14.5 Å². The first-order valence-corrected chi connectivity index (χ1v) is 10.4. The van der Waals surface area contributed by atoms with Crippen molar-refractivity contribution in [3.8, 4) is 0 Å². The van der Waals surface area contributed by atoms with Crippen molar-refractivity contribution in [2.24, 2.45) is 11.8 Å². The van der Waals surface area contributed by atoms with E-state index < -0.39 is 0 Å². The van der Waals surface area contributed by atoms with Gasteiger partial charge in [0.1, 0.15) is 11.6 Å². The Kier molecular flexibility index (Phi) is 5.21. The molecule has 2 aliphatic rings. The molecule has 0 N–H and O–H groups in total. The van der Waals surface area contributed by atoms with Gasteiger partial charge in [-0.05, 0) is 54.1 Å². The molecule has 2 aromatic rings. The molecular weight excluding hydrogens is 374 g/mol. The molecule has 0 radical (unpaired) electrons. The molecule has 1 aromatic heterocycles. The summed E-state index contributed by atoms with van der Waals surface area (Å²) >= 11 is 1.35. The van der Waals surface area contributed by atoms with Crippen LogP contribution in [-0.4, -0.2) is 47.8 Å². The molecule has 2 unspecified atom stereocenters. The van der Waals surface area contributed by atoms with Crippen LogP contribution < -0.4 is 4.90 Å². The number of aromatic nitrogens is 1. The van der Waals surface area contributed by atoms with Crippen molar-refractivity contribution in [2.75, 3.05) is 31.6 Å². The molecular formula is C21H25N3O3S. The van der Waals surface area contributed by atoms with E-state index in [4.69, 9.17) is 4.74 Å². The van der Waals surface area contributed by atoms with E-state index in [0.717, 1.165) is 42.2 Å². The van der Waals surface area contributed by atoms with Gasteiger partial charge in [-0.2, -0.15) is 4.37 Å². The zero-order valence-electron chi connectivity index (χ0n) is 16.5. The molecule has 1 saturated heterocycles. The monoisotopic (exact) mass is 399 g/mol. The van der Waals surface area contributed by atoms with E-state index in [1.54, 1.807) is 11.1 Å². The molecule has 0 aliphatic carbocycles. The van der Waals surface area contributed by atoms with Gasteiger partial charge in [-0.1, -0.05) is 13.0 Å². The highest BCUT2D eigenvalue weighted by atomic mass is 32.1. The molecule has 2 atom stereocenters. The molecule has 148 valence electrons. The number of carbonyl (C=O) groups is 2. The van der Waals surface area contributed by atoms with Crippen LogP contribution >= 0.6 is 11.5 Å². The average molecular weight is 400 g/mol. The number of ether oxygens (including phenoxy) is 1. The van der Waals surface area contributed by atoms with Crippen LogP contribution in [0.5, 0.6) is 0 Å². The van der Waals surface area contributed by atoms with E-state index in [2.05, 4.69) is 23.1 Å². The van der Waals surface area contributed by atoms with E-state index >= 15 is 0 Å². The highest BCUT2D eigenvalue weighted by molar-refractivity contribution is 7.10. The first-order valence-electron chi connectivity index (χ1n) is 9.64. The van der Waals surface area contributed by atoms with Crippen LogP contribution in [0, 0.1) is 18.8 Å². The van der Waals surface area contributed by atoms with E-state index in [9.17, 15) is 9.59 Å². The van der Waals surface area contributed by atoms with Crippen molar-refractivity contribution in [3.63, 3.8) is 0 Å². The molecule has 1 amide bonds. The van der Waals surface area contributed by atoms with Crippen LogP contribution in [0.15, 0.2) is 24.4 Å². The van der Waals surface area contributed by atoms with Crippen LogP contribution in [-0.2, 0) is 22.6 Å². The molecule has 0 spiro atoms. The summed E-state index contributed by atoms with van der Waals surface area (Å²) in [6.07, 6.45) is 2.64. The number of anilines is 1. The Morgan fingerprint density at radius 2 is 2.18 bits per heavy atom. The molecule has 0 saturated carbocycles. The first-order chi connectivity index (χ1) is 13.5. The smallest absolute Gasteiger partial charge is 0.338 e. The fourth-order valence-corrected chi connectivity index (χ4v) is 4.82. The number of nitrogens with zero attached hydrogens (tertiary/aromatic N) is 3. The maximum atomic E-state index is 12.9. The lowest BCUT2D eigenvalue weighted by Crippen LogP contribution is -2.36. The minimum Gasteiger partial charge on any atom is -0.457 e. The van der Waals surface area contributed by atoms with Gasteiger partial charge in [0, 0.05) is 38.4 Å². The third-order valence-electron chi connectivity index (χ3n) is 6.07. The zero-order chi connectivity index (χ0) is 19.8.